The summed E-state index contributed by atoms with van der Waals surface area (Å²) in [6.45, 7) is 10.1. The van der Waals surface area contributed by atoms with Crippen LogP contribution in [0.15, 0.2) is 17.1 Å². The first-order chi connectivity index (χ1) is 14.5. The molecule has 2 aliphatic heterocycles. The predicted molar refractivity (Wildman–Crippen MR) is 114 cm³/mol. The van der Waals surface area contributed by atoms with Gasteiger partial charge in [0.05, 0.1) is 22.5 Å². The molecule has 1 fully saturated rings. The highest BCUT2D eigenvalue weighted by atomic mass is 19.1. The lowest BCUT2D eigenvalue weighted by Gasteiger charge is -2.37. The van der Waals surface area contributed by atoms with Crippen molar-refractivity contribution < 1.29 is 18.6 Å². The molecule has 2 aromatic rings. The molecule has 0 radical (unpaired) electrons. The summed E-state index contributed by atoms with van der Waals surface area (Å²) in [4.78, 5) is 17.6. The number of nitrogens with zero attached hydrogens (tertiary/aromatic N) is 3. The van der Waals surface area contributed by atoms with E-state index in [4.69, 9.17) is 14.2 Å². The standard InChI is InChI=1S/C22H30FN3O4/c1-5-28-22(29-6-2)16-12-26-14(3)13-30-21-18(26)15(20(16)27)11-17(23)19(21)25-9-7-24(4)8-10-25/h11-12,14,22H,5-10,13H2,1-4H3. The fraction of sp³-hybridized carbons (Fsp3) is 0.591. The number of halogens is 1. The Morgan fingerprint density at radius 2 is 1.87 bits per heavy atom. The number of aromatic nitrogens is 1. The molecule has 1 aromatic carbocycles. The fourth-order valence-electron chi connectivity index (χ4n) is 4.26. The van der Waals surface area contributed by atoms with Crippen LogP contribution in [0, 0.1) is 5.82 Å². The fourth-order valence-corrected chi connectivity index (χ4v) is 4.26. The first kappa shape index (κ1) is 21.1. The molecule has 0 saturated carbocycles. The van der Waals surface area contributed by atoms with Gasteiger partial charge in [0.2, 0.25) is 0 Å². The summed E-state index contributed by atoms with van der Waals surface area (Å²) >= 11 is 0. The number of piperazine rings is 1. The Bertz CT molecular complexity index is 979. The molecular weight excluding hydrogens is 389 g/mol. The number of anilines is 1. The third-order valence-corrected chi connectivity index (χ3v) is 5.88. The molecule has 1 unspecified atom stereocenters. The number of hydrogen-bond donors (Lipinski definition) is 0. The lowest BCUT2D eigenvalue weighted by atomic mass is 10.0. The van der Waals surface area contributed by atoms with E-state index in [0.29, 0.717) is 60.8 Å². The zero-order chi connectivity index (χ0) is 21.4. The minimum atomic E-state index is -0.778. The van der Waals surface area contributed by atoms with E-state index in [-0.39, 0.29) is 11.5 Å². The minimum absolute atomic E-state index is 0.00551. The highest BCUT2D eigenvalue weighted by Crippen LogP contribution is 2.42. The lowest BCUT2D eigenvalue weighted by Crippen LogP contribution is -2.45. The molecule has 8 heteroatoms. The average Bonchev–Trinajstić information content (AvgIpc) is 2.73. The third-order valence-electron chi connectivity index (χ3n) is 5.88. The van der Waals surface area contributed by atoms with E-state index in [1.165, 1.54) is 6.07 Å². The number of likely N-dealkylation sites (N-methyl/N-ethyl adjacent to an activating group) is 1. The van der Waals surface area contributed by atoms with Gasteiger partial charge in [-0.2, -0.15) is 0 Å². The van der Waals surface area contributed by atoms with Crippen LogP contribution < -0.4 is 15.1 Å². The van der Waals surface area contributed by atoms with Gasteiger partial charge in [-0.05, 0) is 33.9 Å². The molecule has 7 nitrogen and oxygen atoms in total. The molecule has 0 bridgehead atoms. The van der Waals surface area contributed by atoms with Crippen molar-refractivity contribution >= 4 is 16.6 Å². The smallest absolute Gasteiger partial charge is 0.197 e. The molecule has 0 amide bonds. The molecule has 1 saturated heterocycles. The first-order valence-corrected chi connectivity index (χ1v) is 10.7. The van der Waals surface area contributed by atoms with Crippen LogP contribution >= 0.6 is 0 Å². The number of ether oxygens (including phenoxy) is 3. The van der Waals surface area contributed by atoms with Crippen LogP contribution in [0.4, 0.5) is 10.1 Å². The highest BCUT2D eigenvalue weighted by molar-refractivity contribution is 5.92. The molecule has 1 aromatic heterocycles. The summed E-state index contributed by atoms with van der Waals surface area (Å²) in [5.41, 5.74) is 1.20. The van der Waals surface area contributed by atoms with Gasteiger partial charge in [-0.1, -0.05) is 0 Å². The maximum Gasteiger partial charge on any atom is 0.197 e. The maximum atomic E-state index is 15.4. The number of hydrogen-bond acceptors (Lipinski definition) is 6. The van der Waals surface area contributed by atoms with Crippen molar-refractivity contribution in [2.24, 2.45) is 0 Å². The zero-order valence-electron chi connectivity index (χ0n) is 18.1. The largest absolute Gasteiger partial charge is 0.487 e. The molecule has 2 aliphatic rings. The van der Waals surface area contributed by atoms with Gasteiger partial charge in [0.1, 0.15) is 12.3 Å². The highest BCUT2D eigenvalue weighted by Gasteiger charge is 2.31. The lowest BCUT2D eigenvalue weighted by molar-refractivity contribution is -0.141. The Hall–Kier alpha value is -2.16. The van der Waals surface area contributed by atoms with E-state index >= 15 is 4.39 Å². The Balaban J connectivity index is 1.92. The molecule has 0 spiro atoms. The number of benzene rings is 1. The number of rotatable bonds is 6. The van der Waals surface area contributed by atoms with Gasteiger partial charge in [0.15, 0.2) is 23.3 Å². The molecule has 164 valence electrons. The van der Waals surface area contributed by atoms with Crippen molar-refractivity contribution in [2.75, 3.05) is 57.9 Å². The van der Waals surface area contributed by atoms with Crippen LogP contribution in [0.1, 0.15) is 38.7 Å². The van der Waals surface area contributed by atoms with E-state index < -0.39 is 12.1 Å². The van der Waals surface area contributed by atoms with Gasteiger partial charge >= 0.3 is 0 Å². The molecule has 4 rings (SSSR count). The first-order valence-electron chi connectivity index (χ1n) is 10.7. The third kappa shape index (κ3) is 3.57. The summed E-state index contributed by atoms with van der Waals surface area (Å²) in [5.74, 6) is 0.0300. The van der Waals surface area contributed by atoms with Crippen molar-refractivity contribution in [1.82, 2.24) is 9.47 Å². The Labute approximate surface area is 175 Å². The predicted octanol–water partition coefficient (Wildman–Crippen LogP) is 2.92. The second-order valence-corrected chi connectivity index (χ2v) is 7.95. The summed E-state index contributed by atoms with van der Waals surface area (Å²) in [5, 5.41) is 0.300. The van der Waals surface area contributed by atoms with E-state index in [9.17, 15) is 4.79 Å². The minimum Gasteiger partial charge on any atom is -0.487 e. The van der Waals surface area contributed by atoms with Crippen LogP contribution in [0.25, 0.3) is 10.9 Å². The Kier molecular flexibility index (Phi) is 5.99. The van der Waals surface area contributed by atoms with E-state index in [1.807, 2.05) is 30.2 Å². The van der Waals surface area contributed by atoms with Crippen molar-refractivity contribution in [3.8, 4) is 5.75 Å². The van der Waals surface area contributed by atoms with Gasteiger partial charge in [-0.3, -0.25) is 4.79 Å². The van der Waals surface area contributed by atoms with Crippen LogP contribution in [0.3, 0.4) is 0 Å². The van der Waals surface area contributed by atoms with Crippen LogP contribution in [-0.4, -0.2) is 62.5 Å². The van der Waals surface area contributed by atoms with Crippen LogP contribution in [0.5, 0.6) is 5.75 Å². The second kappa shape index (κ2) is 8.53. The average molecular weight is 419 g/mol. The van der Waals surface area contributed by atoms with E-state index in [2.05, 4.69) is 11.9 Å². The molecule has 3 heterocycles. The SMILES string of the molecule is CCOC(OCC)c1cn2c3c(c(N4CCN(C)CC4)c(F)cc3c1=O)OCC2C. The second-order valence-electron chi connectivity index (χ2n) is 7.95. The van der Waals surface area contributed by atoms with Gasteiger partial charge < -0.3 is 28.6 Å². The molecule has 0 N–H and O–H groups in total. The van der Waals surface area contributed by atoms with E-state index in [1.54, 1.807) is 6.20 Å². The van der Waals surface area contributed by atoms with Crippen molar-refractivity contribution in [2.45, 2.75) is 33.1 Å². The van der Waals surface area contributed by atoms with Crippen molar-refractivity contribution in [3.63, 3.8) is 0 Å². The Morgan fingerprint density at radius 3 is 2.50 bits per heavy atom. The van der Waals surface area contributed by atoms with Gasteiger partial charge in [0, 0.05) is 45.6 Å². The van der Waals surface area contributed by atoms with Gasteiger partial charge in [-0.25, -0.2) is 4.39 Å². The molecule has 30 heavy (non-hydrogen) atoms. The van der Waals surface area contributed by atoms with Crippen LogP contribution in [0.2, 0.25) is 0 Å². The van der Waals surface area contributed by atoms with Crippen LogP contribution in [-0.2, 0) is 9.47 Å². The van der Waals surface area contributed by atoms with Gasteiger partial charge in [0.25, 0.3) is 0 Å². The normalized spacial score (nSPS) is 19.5. The molecular formula is C22H30FN3O4. The summed E-state index contributed by atoms with van der Waals surface area (Å²) in [7, 11) is 2.06. The summed E-state index contributed by atoms with van der Waals surface area (Å²) in [6, 6.07) is 1.35. The van der Waals surface area contributed by atoms with Crippen molar-refractivity contribution in [1.29, 1.82) is 0 Å². The molecule has 1 atom stereocenters. The van der Waals surface area contributed by atoms with Gasteiger partial charge in [-0.15, -0.1) is 0 Å². The number of pyridine rings is 1. The quantitative estimate of drug-likeness (QED) is 0.671. The molecule has 0 aliphatic carbocycles. The summed E-state index contributed by atoms with van der Waals surface area (Å²) < 4.78 is 34.7. The zero-order valence-corrected chi connectivity index (χ0v) is 18.1. The monoisotopic (exact) mass is 419 g/mol. The summed E-state index contributed by atoms with van der Waals surface area (Å²) in [6.07, 6.45) is 1.02. The Morgan fingerprint density at radius 1 is 1.20 bits per heavy atom. The van der Waals surface area contributed by atoms with E-state index in [0.717, 1.165) is 13.1 Å². The van der Waals surface area contributed by atoms with Crippen molar-refractivity contribution in [3.05, 3.63) is 33.9 Å². The maximum absolute atomic E-state index is 15.4. The topological polar surface area (TPSA) is 56.2 Å².